The molecule has 0 unspecified atom stereocenters. The maximum Gasteiger partial charge on any atom is 0.310 e. The summed E-state index contributed by atoms with van der Waals surface area (Å²) in [6.07, 6.45) is 5.74. The number of carbonyl (C=O) groups is 1. The first-order chi connectivity index (χ1) is 15.5. The summed E-state index contributed by atoms with van der Waals surface area (Å²) in [5, 5.41) is 0. The van der Waals surface area contributed by atoms with Gasteiger partial charge in [-0.1, -0.05) is 79.7 Å². The summed E-state index contributed by atoms with van der Waals surface area (Å²) in [5.74, 6) is 0.807. The Morgan fingerprint density at radius 3 is 2.28 bits per heavy atom. The van der Waals surface area contributed by atoms with Gasteiger partial charge in [-0.2, -0.15) is 0 Å². The number of ether oxygens (including phenoxy) is 1. The summed E-state index contributed by atoms with van der Waals surface area (Å²) >= 11 is 0. The molecule has 0 aromatic heterocycles. The van der Waals surface area contributed by atoms with Crippen LogP contribution in [0.5, 0.6) is 0 Å². The largest absolute Gasteiger partial charge is 0.462 e. The van der Waals surface area contributed by atoms with Crippen LogP contribution in [0.3, 0.4) is 0 Å². The number of rotatable bonds is 6. The van der Waals surface area contributed by atoms with Crippen molar-refractivity contribution in [3.63, 3.8) is 0 Å². The normalized spacial score (nSPS) is 31.8. The van der Waals surface area contributed by atoms with Crippen LogP contribution in [0.1, 0.15) is 50.2 Å². The number of nitrogens with zero attached hydrogens (tertiary/aromatic N) is 1. The number of hydrogen-bond acceptors (Lipinski definition) is 3. The Labute approximate surface area is 192 Å². The Kier molecular flexibility index (Phi) is 5.94. The first-order valence-electron chi connectivity index (χ1n) is 12.2. The number of allylic oxidation sites excluding steroid dienone is 1. The van der Waals surface area contributed by atoms with E-state index in [0.717, 1.165) is 38.9 Å². The molecule has 1 saturated heterocycles. The molecule has 168 valence electrons. The Bertz CT molecular complexity index is 914. The van der Waals surface area contributed by atoms with Gasteiger partial charge in [0.2, 0.25) is 0 Å². The van der Waals surface area contributed by atoms with E-state index in [-0.39, 0.29) is 23.4 Å². The molecule has 2 aromatic rings. The molecule has 3 fully saturated rings. The molecule has 0 spiro atoms. The fourth-order valence-electron chi connectivity index (χ4n) is 6.61. The zero-order valence-electron chi connectivity index (χ0n) is 19.2. The topological polar surface area (TPSA) is 29.5 Å². The molecule has 1 aliphatic heterocycles. The SMILES string of the molecule is C=C1CCC[C@]2(C)C[C@H]3OC(=O)[C@H](CN(Cc4ccccc4)Cc4ccccc4)[C@@H]3C[C@H]12. The van der Waals surface area contributed by atoms with Crippen LogP contribution in [-0.2, 0) is 22.6 Å². The zero-order chi connectivity index (χ0) is 22.1. The van der Waals surface area contributed by atoms with Crippen LogP contribution < -0.4 is 0 Å². The minimum atomic E-state index is -0.0494. The van der Waals surface area contributed by atoms with Gasteiger partial charge in [0, 0.05) is 25.6 Å². The van der Waals surface area contributed by atoms with Gasteiger partial charge in [0.25, 0.3) is 0 Å². The molecule has 5 rings (SSSR count). The zero-order valence-corrected chi connectivity index (χ0v) is 19.2. The summed E-state index contributed by atoms with van der Waals surface area (Å²) < 4.78 is 6.03. The highest BCUT2D eigenvalue weighted by Gasteiger charge is 2.55. The lowest BCUT2D eigenvalue weighted by Gasteiger charge is -2.50. The van der Waals surface area contributed by atoms with E-state index in [4.69, 9.17) is 4.74 Å². The molecule has 3 nitrogen and oxygen atoms in total. The number of fused-ring (bicyclic) bond motifs is 2. The average molecular weight is 430 g/mol. The predicted molar refractivity (Wildman–Crippen MR) is 128 cm³/mol. The lowest BCUT2D eigenvalue weighted by Crippen LogP contribution is -2.45. The molecule has 1 heterocycles. The lowest BCUT2D eigenvalue weighted by atomic mass is 9.55. The van der Waals surface area contributed by atoms with Gasteiger partial charge in [0.15, 0.2) is 0 Å². The van der Waals surface area contributed by atoms with E-state index < -0.39 is 0 Å². The molecular weight excluding hydrogens is 394 g/mol. The highest BCUT2D eigenvalue weighted by atomic mass is 16.6. The molecule has 32 heavy (non-hydrogen) atoms. The van der Waals surface area contributed by atoms with E-state index in [1.54, 1.807) is 0 Å². The van der Waals surface area contributed by atoms with Crippen LogP contribution in [0, 0.1) is 23.2 Å². The highest BCUT2D eigenvalue weighted by Crippen LogP contribution is 2.57. The second kappa shape index (κ2) is 8.86. The number of hydrogen-bond donors (Lipinski definition) is 0. The molecule has 2 saturated carbocycles. The smallest absolute Gasteiger partial charge is 0.310 e. The van der Waals surface area contributed by atoms with Crippen molar-refractivity contribution in [3.8, 4) is 0 Å². The predicted octanol–water partition coefficient (Wildman–Crippen LogP) is 6.00. The van der Waals surface area contributed by atoms with Crippen molar-refractivity contribution in [2.24, 2.45) is 23.2 Å². The fraction of sp³-hybridized carbons (Fsp3) is 0.483. The van der Waals surface area contributed by atoms with Crippen molar-refractivity contribution in [1.82, 2.24) is 4.90 Å². The van der Waals surface area contributed by atoms with E-state index >= 15 is 0 Å². The van der Waals surface area contributed by atoms with E-state index in [1.165, 1.54) is 29.5 Å². The first kappa shape index (κ1) is 21.5. The molecule has 0 amide bonds. The van der Waals surface area contributed by atoms with Gasteiger partial charge in [-0.05, 0) is 54.6 Å². The van der Waals surface area contributed by atoms with Gasteiger partial charge in [-0.25, -0.2) is 0 Å². The van der Waals surface area contributed by atoms with Crippen molar-refractivity contribution in [2.75, 3.05) is 6.54 Å². The number of benzene rings is 2. The third-order valence-electron chi connectivity index (χ3n) is 8.27. The minimum Gasteiger partial charge on any atom is -0.462 e. The van der Waals surface area contributed by atoms with Crippen molar-refractivity contribution in [1.29, 1.82) is 0 Å². The van der Waals surface area contributed by atoms with Crippen LogP contribution >= 0.6 is 0 Å². The van der Waals surface area contributed by atoms with Crippen molar-refractivity contribution >= 4 is 5.97 Å². The number of carbonyl (C=O) groups excluding carboxylic acids is 1. The minimum absolute atomic E-state index is 0.0129. The second-order valence-corrected chi connectivity index (χ2v) is 10.5. The Morgan fingerprint density at radius 1 is 1.03 bits per heavy atom. The summed E-state index contributed by atoms with van der Waals surface area (Å²) in [5.41, 5.74) is 4.21. The first-order valence-corrected chi connectivity index (χ1v) is 12.2. The van der Waals surface area contributed by atoms with Crippen molar-refractivity contribution in [3.05, 3.63) is 83.9 Å². The summed E-state index contributed by atoms with van der Waals surface area (Å²) in [6, 6.07) is 21.2. The molecule has 5 atom stereocenters. The Balaban J connectivity index is 1.36. The summed E-state index contributed by atoms with van der Waals surface area (Å²) in [4.78, 5) is 15.5. The summed E-state index contributed by atoms with van der Waals surface area (Å²) in [7, 11) is 0. The number of esters is 1. The van der Waals surface area contributed by atoms with Crippen molar-refractivity contribution < 1.29 is 9.53 Å². The molecule has 0 N–H and O–H groups in total. The van der Waals surface area contributed by atoms with Gasteiger partial charge in [-0.15, -0.1) is 0 Å². The van der Waals surface area contributed by atoms with Gasteiger partial charge in [-0.3, -0.25) is 9.69 Å². The third-order valence-corrected chi connectivity index (χ3v) is 8.27. The third kappa shape index (κ3) is 4.28. The highest BCUT2D eigenvalue weighted by molar-refractivity contribution is 5.75. The maximum absolute atomic E-state index is 13.1. The lowest BCUT2D eigenvalue weighted by molar-refractivity contribution is -0.146. The molecule has 2 aliphatic carbocycles. The quantitative estimate of drug-likeness (QED) is 0.416. The fourth-order valence-corrected chi connectivity index (χ4v) is 6.61. The van der Waals surface area contributed by atoms with Gasteiger partial charge in [0.05, 0.1) is 5.92 Å². The molecule has 3 heteroatoms. The monoisotopic (exact) mass is 429 g/mol. The molecular formula is C29H35NO2. The van der Waals surface area contributed by atoms with E-state index in [2.05, 4.69) is 79.1 Å². The molecule has 3 aliphatic rings. The van der Waals surface area contributed by atoms with Crippen LogP contribution in [0.15, 0.2) is 72.8 Å². The standard InChI is InChI=1S/C29H35NO2/c1-21-10-9-15-29(2)17-27-24(16-26(21)29)25(28(31)32-27)20-30(18-22-11-5-3-6-12-22)19-23-13-7-4-8-14-23/h3-8,11-14,24-27H,1,9-10,15-20H2,2H3/t24-,25+,26+,27+,29+/m0/s1. The van der Waals surface area contributed by atoms with Crippen LogP contribution in [-0.4, -0.2) is 23.5 Å². The van der Waals surface area contributed by atoms with E-state index in [0.29, 0.717) is 11.8 Å². The second-order valence-electron chi connectivity index (χ2n) is 10.5. The van der Waals surface area contributed by atoms with Gasteiger partial charge < -0.3 is 4.74 Å². The molecule has 0 radical (unpaired) electrons. The Hall–Kier alpha value is -2.39. The summed E-state index contributed by atoms with van der Waals surface area (Å²) in [6.45, 7) is 9.26. The van der Waals surface area contributed by atoms with E-state index in [9.17, 15) is 4.79 Å². The average Bonchev–Trinajstić information content (AvgIpc) is 3.07. The van der Waals surface area contributed by atoms with Gasteiger partial charge in [0.1, 0.15) is 6.10 Å². The molecule has 2 aromatic carbocycles. The van der Waals surface area contributed by atoms with Crippen LogP contribution in [0.2, 0.25) is 0 Å². The molecule has 0 bridgehead atoms. The van der Waals surface area contributed by atoms with E-state index in [1.807, 2.05) is 0 Å². The van der Waals surface area contributed by atoms with Gasteiger partial charge >= 0.3 is 5.97 Å². The van der Waals surface area contributed by atoms with Crippen molar-refractivity contribution in [2.45, 2.75) is 58.2 Å². The maximum atomic E-state index is 13.1. The Morgan fingerprint density at radius 2 is 1.66 bits per heavy atom. The van der Waals surface area contributed by atoms with Crippen LogP contribution in [0.25, 0.3) is 0 Å². The van der Waals surface area contributed by atoms with Crippen LogP contribution in [0.4, 0.5) is 0 Å².